The van der Waals surface area contributed by atoms with E-state index >= 15 is 0 Å². The molecule has 1 aliphatic carbocycles. The van der Waals surface area contributed by atoms with Gasteiger partial charge in [-0.1, -0.05) is 61.4 Å². The van der Waals surface area contributed by atoms with Gasteiger partial charge in [0.25, 0.3) is 5.56 Å². The average Bonchev–Trinajstić information content (AvgIpc) is 3.44. The van der Waals surface area contributed by atoms with Crippen LogP contribution in [0.4, 0.5) is 0 Å². The lowest BCUT2D eigenvalue weighted by atomic mass is 10.0. The molecule has 5 rings (SSSR count). The number of hydrogen-bond donors (Lipinski definition) is 2. The van der Waals surface area contributed by atoms with Crippen LogP contribution in [0, 0.1) is 0 Å². The molecular weight excluding hydrogens is 376 g/mol. The number of nitrogens with one attached hydrogen (secondary N) is 2. The maximum Gasteiger partial charge on any atom is 0.276 e. The van der Waals surface area contributed by atoms with E-state index in [9.17, 15) is 4.79 Å². The maximum absolute atomic E-state index is 12.6. The Bertz CT molecular complexity index is 1210. The van der Waals surface area contributed by atoms with Gasteiger partial charge in [-0.15, -0.1) is 0 Å². The highest BCUT2D eigenvalue weighted by Crippen LogP contribution is 2.35. The molecule has 1 saturated carbocycles. The van der Waals surface area contributed by atoms with Crippen molar-refractivity contribution in [2.45, 2.75) is 44.6 Å². The predicted molar refractivity (Wildman–Crippen MR) is 116 cm³/mol. The van der Waals surface area contributed by atoms with Gasteiger partial charge < -0.3 is 9.72 Å². The van der Waals surface area contributed by atoms with Crippen LogP contribution in [0.15, 0.2) is 59.4 Å². The normalized spacial score (nSPS) is 14.4. The molecule has 0 spiro atoms. The Balaban J connectivity index is 1.43. The van der Waals surface area contributed by atoms with Crippen LogP contribution in [-0.2, 0) is 13.0 Å². The van der Waals surface area contributed by atoms with Crippen molar-refractivity contribution < 1.29 is 4.74 Å². The number of rotatable bonds is 6. The van der Waals surface area contributed by atoms with Crippen LogP contribution in [0.25, 0.3) is 11.0 Å². The summed E-state index contributed by atoms with van der Waals surface area (Å²) >= 11 is 0. The fourth-order valence-electron chi connectivity index (χ4n) is 4.25. The molecule has 1 fully saturated rings. The van der Waals surface area contributed by atoms with Crippen LogP contribution in [0.2, 0.25) is 0 Å². The van der Waals surface area contributed by atoms with Crippen LogP contribution >= 0.6 is 0 Å². The minimum atomic E-state index is -0.172. The van der Waals surface area contributed by atoms with Crippen molar-refractivity contribution in [3.63, 3.8) is 0 Å². The molecular formula is C24H24N4O2. The van der Waals surface area contributed by atoms with Crippen molar-refractivity contribution >= 4 is 11.0 Å². The van der Waals surface area contributed by atoms with E-state index in [4.69, 9.17) is 9.72 Å². The number of aromatic nitrogens is 4. The van der Waals surface area contributed by atoms with E-state index < -0.39 is 0 Å². The quantitative estimate of drug-likeness (QED) is 0.500. The van der Waals surface area contributed by atoms with Gasteiger partial charge in [0.2, 0.25) is 0 Å². The summed E-state index contributed by atoms with van der Waals surface area (Å²) in [5, 5.41) is 7.33. The number of fused-ring (bicyclic) bond motifs is 1. The highest BCUT2D eigenvalue weighted by Gasteiger charge is 2.24. The molecule has 2 N–H and O–H groups in total. The van der Waals surface area contributed by atoms with Gasteiger partial charge in [0.15, 0.2) is 0 Å². The lowest BCUT2D eigenvalue weighted by molar-refractivity contribution is 0.303. The third-order valence-electron chi connectivity index (χ3n) is 5.81. The van der Waals surface area contributed by atoms with Crippen molar-refractivity contribution in [1.29, 1.82) is 0 Å². The van der Waals surface area contributed by atoms with Gasteiger partial charge in [0.05, 0.1) is 5.69 Å². The standard InChI is InChI=1S/C24H24N4O2/c29-24-23-22(21(27-28-23)17-10-4-5-11-17)25-20(26-24)14-18-12-6-7-13-19(18)30-15-16-8-2-1-3-9-16/h1-3,6-9,12-13,17H,4-5,10-11,14-15H2,(H,27,28)(H,25,26,29). The second kappa shape index (κ2) is 8.14. The highest BCUT2D eigenvalue weighted by molar-refractivity contribution is 5.76. The van der Waals surface area contributed by atoms with Gasteiger partial charge in [-0.2, -0.15) is 5.10 Å². The smallest absolute Gasteiger partial charge is 0.276 e. The van der Waals surface area contributed by atoms with Crippen LogP contribution in [0.1, 0.15) is 54.2 Å². The van der Waals surface area contributed by atoms with Crippen LogP contribution in [0.5, 0.6) is 5.75 Å². The second-order valence-corrected chi connectivity index (χ2v) is 7.89. The molecule has 2 aromatic heterocycles. The zero-order valence-corrected chi connectivity index (χ0v) is 16.7. The molecule has 0 aliphatic heterocycles. The van der Waals surface area contributed by atoms with E-state index in [0.29, 0.717) is 35.8 Å². The average molecular weight is 400 g/mol. The molecule has 152 valence electrons. The SMILES string of the molecule is O=c1[nH]c(Cc2ccccc2OCc2ccccc2)nc2c(C3CCCC3)n[nH]c12. The first-order valence-corrected chi connectivity index (χ1v) is 10.5. The van der Waals surface area contributed by atoms with Gasteiger partial charge in [-0.3, -0.25) is 9.89 Å². The summed E-state index contributed by atoms with van der Waals surface area (Å²) in [4.78, 5) is 20.3. The van der Waals surface area contributed by atoms with Crippen molar-refractivity contribution in [2.24, 2.45) is 0 Å². The number of para-hydroxylation sites is 1. The summed E-state index contributed by atoms with van der Waals surface area (Å²) in [6, 6.07) is 18.0. The monoisotopic (exact) mass is 400 g/mol. The Labute approximate surface area is 174 Å². The minimum absolute atomic E-state index is 0.172. The van der Waals surface area contributed by atoms with E-state index in [1.807, 2.05) is 54.6 Å². The van der Waals surface area contributed by atoms with E-state index in [1.165, 1.54) is 12.8 Å². The number of ether oxygens (including phenoxy) is 1. The summed E-state index contributed by atoms with van der Waals surface area (Å²) in [6.07, 6.45) is 5.13. The Morgan fingerprint density at radius 3 is 2.60 bits per heavy atom. The molecule has 30 heavy (non-hydrogen) atoms. The van der Waals surface area contributed by atoms with Gasteiger partial charge in [0, 0.05) is 17.9 Å². The summed E-state index contributed by atoms with van der Waals surface area (Å²) in [7, 11) is 0. The maximum atomic E-state index is 12.6. The Morgan fingerprint density at radius 2 is 1.77 bits per heavy atom. The zero-order chi connectivity index (χ0) is 20.3. The van der Waals surface area contributed by atoms with Crippen molar-refractivity contribution in [1.82, 2.24) is 20.2 Å². The van der Waals surface area contributed by atoms with Gasteiger partial charge in [-0.05, 0) is 24.5 Å². The van der Waals surface area contributed by atoms with E-state index in [0.717, 1.165) is 35.4 Å². The topological polar surface area (TPSA) is 83.7 Å². The number of H-pyrrole nitrogens is 2. The summed E-state index contributed by atoms with van der Waals surface area (Å²) in [5.41, 5.74) is 4.04. The van der Waals surface area contributed by atoms with Gasteiger partial charge in [0.1, 0.15) is 29.2 Å². The molecule has 2 heterocycles. The first-order valence-electron chi connectivity index (χ1n) is 10.5. The third-order valence-corrected chi connectivity index (χ3v) is 5.81. The number of nitrogens with zero attached hydrogens (tertiary/aromatic N) is 2. The summed E-state index contributed by atoms with van der Waals surface area (Å²) < 4.78 is 6.06. The highest BCUT2D eigenvalue weighted by atomic mass is 16.5. The molecule has 0 atom stereocenters. The Morgan fingerprint density at radius 1 is 1.00 bits per heavy atom. The predicted octanol–water partition coefficient (Wildman–Crippen LogP) is 4.47. The number of aromatic amines is 2. The van der Waals surface area contributed by atoms with Gasteiger partial charge >= 0.3 is 0 Å². The van der Waals surface area contributed by atoms with Gasteiger partial charge in [-0.25, -0.2) is 4.98 Å². The van der Waals surface area contributed by atoms with E-state index in [1.54, 1.807) is 0 Å². The van der Waals surface area contributed by atoms with E-state index in [-0.39, 0.29) is 5.56 Å². The van der Waals surface area contributed by atoms with Crippen LogP contribution in [0.3, 0.4) is 0 Å². The first-order chi connectivity index (χ1) is 14.8. The Hall–Kier alpha value is -3.41. The summed E-state index contributed by atoms with van der Waals surface area (Å²) in [5.74, 6) is 1.82. The molecule has 4 aromatic rings. The second-order valence-electron chi connectivity index (χ2n) is 7.89. The molecule has 0 radical (unpaired) electrons. The van der Waals surface area contributed by atoms with Crippen molar-refractivity contribution in [2.75, 3.05) is 0 Å². The molecule has 6 heteroatoms. The molecule has 6 nitrogen and oxygen atoms in total. The zero-order valence-electron chi connectivity index (χ0n) is 16.7. The fourth-order valence-corrected chi connectivity index (χ4v) is 4.25. The molecule has 0 unspecified atom stereocenters. The first kappa shape index (κ1) is 18.6. The van der Waals surface area contributed by atoms with Crippen molar-refractivity contribution in [3.05, 3.63) is 87.6 Å². The molecule has 2 aromatic carbocycles. The van der Waals surface area contributed by atoms with Crippen LogP contribution < -0.4 is 10.3 Å². The molecule has 1 aliphatic rings. The number of benzene rings is 2. The molecule has 0 bridgehead atoms. The van der Waals surface area contributed by atoms with Crippen molar-refractivity contribution in [3.8, 4) is 5.75 Å². The number of hydrogen-bond acceptors (Lipinski definition) is 4. The molecule has 0 saturated heterocycles. The summed E-state index contributed by atoms with van der Waals surface area (Å²) in [6.45, 7) is 0.494. The van der Waals surface area contributed by atoms with E-state index in [2.05, 4.69) is 15.2 Å². The third kappa shape index (κ3) is 3.73. The lowest BCUT2D eigenvalue weighted by Gasteiger charge is -2.11. The van der Waals surface area contributed by atoms with Crippen LogP contribution in [-0.4, -0.2) is 20.2 Å². The Kier molecular flexibility index (Phi) is 5.05. The lowest BCUT2D eigenvalue weighted by Crippen LogP contribution is -2.13. The largest absolute Gasteiger partial charge is 0.489 e. The minimum Gasteiger partial charge on any atom is -0.489 e. The fraction of sp³-hybridized carbons (Fsp3) is 0.292. The molecule has 0 amide bonds.